The number of rotatable bonds is 12. The van der Waals surface area contributed by atoms with Crippen molar-refractivity contribution in [2.45, 2.75) is 74.5 Å². The van der Waals surface area contributed by atoms with Gasteiger partial charge in [0, 0.05) is 21.2 Å². The van der Waals surface area contributed by atoms with Crippen LogP contribution in [0.5, 0.6) is 0 Å². The van der Waals surface area contributed by atoms with E-state index < -0.39 is 0 Å². The monoisotopic (exact) mass is 491 g/mol. The molecule has 1 aliphatic heterocycles. The highest BCUT2D eigenvalue weighted by Crippen LogP contribution is 2.46. The Morgan fingerprint density at radius 3 is 2.22 bits per heavy atom. The van der Waals surface area contributed by atoms with Gasteiger partial charge in [-0.05, 0) is 53.8 Å². The molecule has 0 saturated carbocycles. The number of benzene rings is 2. The van der Waals surface area contributed by atoms with Crippen molar-refractivity contribution in [2.24, 2.45) is 0 Å². The fourth-order valence-corrected chi connectivity index (χ4v) is 5.67. The lowest BCUT2D eigenvalue weighted by atomic mass is 9.96. The number of fused-ring (bicyclic) bond motifs is 2. The van der Waals surface area contributed by atoms with Gasteiger partial charge in [0.1, 0.15) is 0 Å². The lowest BCUT2D eigenvalue weighted by molar-refractivity contribution is -0.890. The van der Waals surface area contributed by atoms with Gasteiger partial charge in [-0.25, -0.2) is 0 Å². The van der Waals surface area contributed by atoms with Gasteiger partial charge in [-0.15, -0.1) is 0 Å². The molecular weight excluding hydrogens is 453 g/mol. The molecule has 32 heavy (non-hydrogen) atoms. The third kappa shape index (κ3) is 8.13. The SMILES string of the molecule is CCCCCCCCCC[N+](C)(C)CC/C=C1/c2ccccc2Sc2ccc(Cl)cc21.[Cl-]. The van der Waals surface area contributed by atoms with E-state index in [0.29, 0.717) is 0 Å². The van der Waals surface area contributed by atoms with Gasteiger partial charge >= 0.3 is 0 Å². The molecule has 176 valence electrons. The summed E-state index contributed by atoms with van der Waals surface area (Å²) >= 11 is 8.21. The van der Waals surface area contributed by atoms with Gasteiger partial charge in [0.15, 0.2) is 0 Å². The van der Waals surface area contributed by atoms with E-state index in [-0.39, 0.29) is 12.4 Å². The fourth-order valence-electron chi connectivity index (χ4n) is 4.41. The Hall–Kier alpha value is -0.930. The summed E-state index contributed by atoms with van der Waals surface area (Å²) in [6.45, 7) is 4.73. The van der Waals surface area contributed by atoms with E-state index in [4.69, 9.17) is 11.6 Å². The molecule has 2 aromatic rings. The van der Waals surface area contributed by atoms with E-state index in [1.807, 2.05) is 17.8 Å². The van der Waals surface area contributed by atoms with E-state index in [0.717, 1.165) is 15.9 Å². The maximum absolute atomic E-state index is 6.35. The number of quaternary nitrogens is 1. The maximum Gasteiger partial charge on any atom is 0.0817 e. The van der Waals surface area contributed by atoms with Gasteiger partial charge in [0.2, 0.25) is 0 Å². The van der Waals surface area contributed by atoms with Crippen molar-refractivity contribution in [2.75, 3.05) is 27.2 Å². The fraction of sp³-hybridized carbons (Fsp3) is 0.500. The maximum atomic E-state index is 6.35. The lowest BCUT2D eigenvalue weighted by Crippen LogP contribution is -3.00. The Bertz CT molecular complexity index is 875. The summed E-state index contributed by atoms with van der Waals surface area (Å²) in [4.78, 5) is 2.65. The predicted octanol–water partition coefficient (Wildman–Crippen LogP) is 5.85. The van der Waals surface area contributed by atoms with Gasteiger partial charge in [-0.1, -0.05) is 93.1 Å². The standard InChI is InChI=1S/C28H39ClNS.ClH/c1-4-5-6-7-8-9-10-13-20-30(2,3)21-14-16-24-25-15-11-12-17-27(25)31-28-19-18-23(29)22-26(24)28;/h11-12,15-19,22H,4-10,13-14,20-21H2,1-3H3;1H/q+1;/p-1/b24-16-;. The van der Waals surface area contributed by atoms with Crippen LogP contribution in [0.1, 0.15) is 75.8 Å². The van der Waals surface area contributed by atoms with Gasteiger partial charge in [0.25, 0.3) is 0 Å². The average molecular weight is 493 g/mol. The molecule has 1 aliphatic rings. The topological polar surface area (TPSA) is 0 Å². The zero-order chi connectivity index (χ0) is 22.1. The lowest BCUT2D eigenvalue weighted by Gasteiger charge is -2.30. The summed E-state index contributed by atoms with van der Waals surface area (Å²) in [5, 5.41) is 0.815. The van der Waals surface area contributed by atoms with Gasteiger partial charge in [0.05, 0.1) is 27.2 Å². The number of unbranched alkanes of at least 4 members (excludes halogenated alkanes) is 7. The van der Waals surface area contributed by atoms with Crippen molar-refractivity contribution in [1.29, 1.82) is 0 Å². The normalized spacial score (nSPS) is 14.1. The van der Waals surface area contributed by atoms with Crippen LogP contribution in [-0.4, -0.2) is 31.7 Å². The van der Waals surface area contributed by atoms with Crippen LogP contribution in [-0.2, 0) is 0 Å². The highest BCUT2D eigenvalue weighted by Gasteiger charge is 2.21. The Morgan fingerprint density at radius 1 is 0.812 bits per heavy atom. The van der Waals surface area contributed by atoms with Crippen LogP contribution in [0, 0.1) is 0 Å². The van der Waals surface area contributed by atoms with Crippen LogP contribution in [0.25, 0.3) is 5.57 Å². The van der Waals surface area contributed by atoms with Crippen LogP contribution in [0.15, 0.2) is 58.3 Å². The van der Waals surface area contributed by atoms with Crippen molar-refractivity contribution < 1.29 is 16.9 Å². The molecule has 0 atom stereocenters. The van der Waals surface area contributed by atoms with Gasteiger partial charge in [-0.2, -0.15) is 0 Å². The van der Waals surface area contributed by atoms with E-state index in [1.54, 1.807) is 0 Å². The van der Waals surface area contributed by atoms with Crippen molar-refractivity contribution in [3.8, 4) is 0 Å². The molecule has 0 spiro atoms. The number of nitrogens with zero attached hydrogens (tertiary/aromatic N) is 1. The molecule has 4 heteroatoms. The number of hydrogen-bond donors (Lipinski definition) is 0. The van der Waals surface area contributed by atoms with Crippen LogP contribution in [0.2, 0.25) is 5.02 Å². The van der Waals surface area contributed by atoms with Gasteiger partial charge < -0.3 is 16.9 Å². The van der Waals surface area contributed by atoms with Crippen LogP contribution in [0.4, 0.5) is 0 Å². The largest absolute Gasteiger partial charge is 1.00 e. The molecule has 1 heterocycles. The van der Waals surface area contributed by atoms with Crippen LogP contribution < -0.4 is 12.4 Å². The van der Waals surface area contributed by atoms with E-state index >= 15 is 0 Å². The predicted molar refractivity (Wildman–Crippen MR) is 138 cm³/mol. The van der Waals surface area contributed by atoms with Crippen LogP contribution in [0.3, 0.4) is 0 Å². The molecule has 3 rings (SSSR count). The minimum Gasteiger partial charge on any atom is -1.00 e. The molecule has 0 unspecified atom stereocenters. The Labute approximate surface area is 211 Å². The number of hydrogen-bond acceptors (Lipinski definition) is 1. The van der Waals surface area contributed by atoms with Crippen molar-refractivity contribution in [3.05, 3.63) is 64.7 Å². The summed E-state index contributed by atoms with van der Waals surface area (Å²) in [5.74, 6) is 0. The quantitative estimate of drug-likeness (QED) is 0.226. The molecule has 2 aromatic carbocycles. The molecule has 0 bridgehead atoms. The molecule has 0 amide bonds. The first kappa shape index (κ1) is 27.3. The van der Waals surface area contributed by atoms with Gasteiger partial charge in [-0.3, -0.25) is 0 Å². The summed E-state index contributed by atoms with van der Waals surface area (Å²) in [5.41, 5.74) is 3.97. The molecule has 0 N–H and O–H groups in total. The highest BCUT2D eigenvalue weighted by atomic mass is 35.5. The molecule has 0 radical (unpaired) electrons. The Balaban J connectivity index is 0.00000363. The minimum absolute atomic E-state index is 0. The summed E-state index contributed by atoms with van der Waals surface area (Å²) < 4.78 is 1.10. The Morgan fingerprint density at radius 2 is 1.47 bits per heavy atom. The second-order valence-electron chi connectivity index (χ2n) is 9.50. The molecule has 0 aliphatic carbocycles. The molecular formula is C28H39Cl2NS. The number of halogens is 2. The van der Waals surface area contributed by atoms with Crippen molar-refractivity contribution in [3.63, 3.8) is 0 Å². The molecule has 0 fully saturated rings. The second kappa shape index (κ2) is 13.7. The van der Waals surface area contributed by atoms with E-state index in [2.05, 4.69) is 63.5 Å². The smallest absolute Gasteiger partial charge is 0.0817 e. The Kier molecular flexibility index (Phi) is 11.7. The molecule has 0 saturated heterocycles. The zero-order valence-electron chi connectivity index (χ0n) is 20.0. The summed E-state index contributed by atoms with van der Waals surface area (Å²) in [6, 6.07) is 15.1. The third-order valence-corrected chi connectivity index (χ3v) is 7.72. The third-order valence-electron chi connectivity index (χ3n) is 6.33. The highest BCUT2D eigenvalue weighted by molar-refractivity contribution is 7.99. The summed E-state index contributed by atoms with van der Waals surface area (Å²) in [7, 11) is 4.77. The first-order valence-corrected chi connectivity index (χ1v) is 13.3. The van der Waals surface area contributed by atoms with Crippen molar-refractivity contribution >= 4 is 28.9 Å². The molecule has 1 nitrogen and oxygen atoms in total. The van der Waals surface area contributed by atoms with E-state index in [9.17, 15) is 0 Å². The average Bonchev–Trinajstić information content (AvgIpc) is 2.75. The van der Waals surface area contributed by atoms with Crippen LogP contribution >= 0.6 is 23.4 Å². The molecule has 0 aromatic heterocycles. The minimum atomic E-state index is 0. The summed E-state index contributed by atoms with van der Waals surface area (Å²) in [6.07, 6.45) is 14.7. The zero-order valence-corrected chi connectivity index (χ0v) is 22.3. The second-order valence-corrected chi connectivity index (χ2v) is 11.0. The first-order chi connectivity index (χ1) is 15.0. The van der Waals surface area contributed by atoms with Crippen molar-refractivity contribution in [1.82, 2.24) is 0 Å². The first-order valence-electron chi connectivity index (χ1n) is 12.1. The van der Waals surface area contributed by atoms with E-state index in [1.165, 1.54) is 90.9 Å².